The second-order valence-corrected chi connectivity index (χ2v) is 4.08. The molecule has 4 nitrogen and oxygen atoms in total. The molecule has 0 bridgehead atoms. The highest BCUT2D eigenvalue weighted by Crippen LogP contribution is 2.16. The Bertz CT molecular complexity index is 434. The first kappa shape index (κ1) is 9.08. The van der Waals surface area contributed by atoms with E-state index in [1.54, 1.807) is 6.08 Å². The van der Waals surface area contributed by atoms with E-state index in [9.17, 15) is 9.59 Å². The summed E-state index contributed by atoms with van der Waals surface area (Å²) in [5.41, 5.74) is 1.23. The van der Waals surface area contributed by atoms with Crippen molar-refractivity contribution >= 4 is 29.2 Å². The van der Waals surface area contributed by atoms with Gasteiger partial charge in [0, 0.05) is 11.0 Å². The second kappa shape index (κ2) is 3.34. The normalized spacial score (nSPS) is 19.1. The molecule has 1 saturated heterocycles. The summed E-state index contributed by atoms with van der Waals surface area (Å²) >= 11 is 1.52. The summed E-state index contributed by atoms with van der Waals surface area (Å²) in [5, 5.41) is 5.03. The molecule has 0 radical (unpaired) electrons. The minimum Gasteiger partial charge on any atom is -0.292 e. The molecule has 1 aliphatic rings. The van der Waals surface area contributed by atoms with Gasteiger partial charge in [-0.15, -0.1) is 11.3 Å². The number of hydrogen-bond donors (Lipinski definition) is 1. The summed E-state index contributed by atoms with van der Waals surface area (Å²) < 4.78 is 0. The zero-order valence-electron chi connectivity index (χ0n) is 7.53. The lowest BCUT2D eigenvalue weighted by Crippen LogP contribution is -2.19. The van der Waals surface area contributed by atoms with Crippen molar-refractivity contribution in [2.75, 3.05) is 0 Å². The maximum Gasteiger partial charge on any atom is 0.254 e. The lowest BCUT2D eigenvalue weighted by atomic mass is 10.2. The van der Waals surface area contributed by atoms with Crippen LogP contribution in [0.3, 0.4) is 0 Å². The van der Waals surface area contributed by atoms with E-state index < -0.39 is 0 Å². The average molecular weight is 208 g/mol. The fraction of sp³-hybridized carbons (Fsp3) is 0.222. The number of imide groups is 1. The SMILES string of the molecule is Cc1nc(/C=C2/CC(=O)NC2=O)cs1. The lowest BCUT2D eigenvalue weighted by Gasteiger charge is -1.88. The van der Waals surface area contributed by atoms with E-state index in [2.05, 4.69) is 10.3 Å². The summed E-state index contributed by atoms with van der Waals surface area (Å²) in [6.07, 6.45) is 1.82. The highest BCUT2D eigenvalue weighted by atomic mass is 32.1. The molecule has 0 aliphatic carbocycles. The van der Waals surface area contributed by atoms with Crippen molar-refractivity contribution < 1.29 is 9.59 Å². The fourth-order valence-electron chi connectivity index (χ4n) is 1.25. The van der Waals surface area contributed by atoms with E-state index in [1.807, 2.05) is 12.3 Å². The molecule has 1 aliphatic heterocycles. The van der Waals surface area contributed by atoms with Crippen LogP contribution in [0.25, 0.3) is 6.08 Å². The van der Waals surface area contributed by atoms with Crippen molar-refractivity contribution in [3.8, 4) is 0 Å². The van der Waals surface area contributed by atoms with E-state index >= 15 is 0 Å². The van der Waals surface area contributed by atoms with Crippen molar-refractivity contribution in [2.24, 2.45) is 0 Å². The first-order valence-electron chi connectivity index (χ1n) is 4.12. The van der Waals surface area contributed by atoms with Gasteiger partial charge in [-0.25, -0.2) is 4.98 Å². The first-order chi connectivity index (χ1) is 6.65. The smallest absolute Gasteiger partial charge is 0.254 e. The molecule has 0 spiro atoms. The van der Waals surface area contributed by atoms with Gasteiger partial charge >= 0.3 is 0 Å². The van der Waals surface area contributed by atoms with Crippen molar-refractivity contribution in [1.82, 2.24) is 10.3 Å². The number of carbonyl (C=O) groups excluding carboxylic acids is 2. The summed E-state index contributed by atoms with van der Waals surface area (Å²) in [6, 6.07) is 0. The lowest BCUT2D eigenvalue weighted by molar-refractivity contribution is -0.124. The third-order valence-corrected chi connectivity index (χ3v) is 2.65. The number of aromatic nitrogens is 1. The predicted octanol–water partition coefficient (Wildman–Crippen LogP) is 0.881. The third kappa shape index (κ3) is 1.72. The van der Waals surface area contributed by atoms with Crippen LogP contribution in [0.4, 0.5) is 0 Å². The van der Waals surface area contributed by atoms with Crippen LogP contribution >= 0.6 is 11.3 Å². The maximum atomic E-state index is 11.2. The zero-order chi connectivity index (χ0) is 10.1. The van der Waals surface area contributed by atoms with Crippen LogP contribution in [0, 0.1) is 6.92 Å². The molecule has 1 fully saturated rings. The van der Waals surface area contributed by atoms with Crippen LogP contribution in [0.15, 0.2) is 11.0 Å². The highest BCUT2D eigenvalue weighted by Gasteiger charge is 2.23. The van der Waals surface area contributed by atoms with E-state index in [4.69, 9.17) is 0 Å². The Morgan fingerprint density at radius 3 is 2.86 bits per heavy atom. The van der Waals surface area contributed by atoms with Crippen LogP contribution in [-0.2, 0) is 9.59 Å². The second-order valence-electron chi connectivity index (χ2n) is 3.02. The van der Waals surface area contributed by atoms with E-state index in [0.717, 1.165) is 10.7 Å². The number of aryl methyl sites for hydroxylation is 1. The highest BCUT2D eigenvalue weighted by molar-refractivity contribution is 7.09. The molecule has 0 saturated carbocycles. The van der Waals surface area contributed by atoms with Gasteiger partial charge in [0.2, 0.25) is 5.91 Å². The molecule has 1 aromatic heterocycles. The number of carbonyl (C=O) groups is 2. The largest absolute Gasteiger partial charge is 0.292 e. The molecular weight excluding hydrogens is 200 g/mol. The van der Waals surface area contributed by atoms with Gasteiger partial charge in [-0.3, -0.25) is 14.9 Å². The molecule has 72 valence electrons. The molecule has 0 atom stereocenters. The van der Waals surface area contributed by atoms with Gasteiger partial charge in [0.05, 0.1) is 17.1 Å². The maximum absolute atomic E-state index is 11.2. The molecule has 2 amide bonds. The number of nitrogens with zero attached hydrogens (tertiary/aromatic N) is 1. The molecule has 1 N–H and O–H groups in total. The van der Waals surface area contributed by atoms with Gasteiger partial charge in [-0.2, -0.15) is 0 Å². The Morgan fingerprint density at radius 1 is 1.57 bits per heavy atom. The van der Waals surface area contributed by atoms with E-state index in [1.165, 1.54) is 11.3 Å². The molecule has 0 aromatic carbocycles. The van der Waals surface area contributed by atoms with Crippen LogP contribution < -0.4 is 5.32 Å². The number of amides is 2. The Morgan fingerprint density at radius 2 is 2.36 bits per heavy atom. The first-order valence-corrected chi connectivity index (χ1v) is 5.00. The molecule has 2 rings (SSSR count). The number of thiazole rings is 1. The van der Waals surface area contributed by atoms with Crippen LogP contribution in [0.1, 0.15) is 17.1 Å². The van der Waals surface area contributed by atoms with Crippen LogP contribution in [-0.4, -0.2) is 16.8 Å². The Hall–Kier alpha value is -1.49. The summed E-state index contributed by atoms with van der Waals surface area (Å²) in [7, 11) is 0. The monoisotopic (exact) mass is 208 g/mol. The molecule has 14 heavy (non-hydrogen) atoms. The van der Waals surface area contributed by atoms with Crippen LogP contribution in [0.2, 0.25) is 0 Å². The Balaban J connectivity index is 2.27. The molecular formula is C9H8N2O2S. The number of rotatable bonds is 1. The predicted molar refractivity (Wildman–Crippen MR) is 52.6 cm³/mol. The summed E-state index contributed by atoms with van der Waals surface area (Å²) in [6.45, 7) is 1.90. The van der Waals surface area contributed by atoms with Gasteiger partial charge in [0.1, 0.15) is 0 Å². The van der Waals surface area contributed by atoms with Crippen molar-refractivity contribution in [2.45, 2.75) is 13.3 Å². The molecule has 1 aromatic rings. The average Bonchev–Trinajstić information content (AvgIpc) is 2.61. The number of hydrogen-bond acceptors (Lipinski definition) is 4. The molecule has 5 heteroatoms. The van der Waals surface area contributed by atoms with E-state index in [-0.39, 0.29) is 18.2 Å². The molecule has 0 unspecified atom stereocenters. The van der Waals surface area contributed by atoms with Crippen molar-refractivity contribution in [1.29, 1.82) is 0 Å². The van der Waals surface area contributed by atoms with Crippen molar-refractivity contribution in [3.63, 3.8) is 0 Å². The zero-order valence-corrected chi connectivity index (χ0v) is 8.35. The minimum atomic E-state index is -0.305. The summed E-state index contributed by atoms with van der Waals surface area (Å²) in [4.78, 5) is 26.2. The van der Waals surface area contributed by atoms with Crippen molar-refractivity contribution in [3.05, 3.63) is 21.7 Å². The molecule has 2 heterocycles. The topological polar surface area (TPSA) is 59.1 Å². The fourth-order valence-corrected chi connectivity index (χ4v) is 1.82. The Kier molecular flexibility index (Phi) is 2.17. The quantitative estimate of drug-likeness (QED) is 0.550. The van der Waals surface area contributed by atoms with Gasteiger partial charge in [-0.05, 0) is 13.0 Å². The summed E-state index contributed by atoms with van der Waals surface area (Å²) in [5.74, 6) is -0.547. The van der Waals surface area contributed by atoms with Crippen LogP contribution in [0.5, 0.6) is 0 Å². The standard InChI is InChI=1S/C9H8N2O2S/c1-5-10-7(4-14-5)2-6-3-8(12)11-9(6)13/h2,4H,3H2,1H3,(H,11,12,13)/b6-2-. The van der Waals surface area contributed by atoms with Gasteiger partial charge in [0.25, 0.3) is 5.91 Å². The third-order valence-electron chi connectivity index (χ3n) is 1.85. The van der Waals surface area contributed by atoms with Gasteiger partial charge < -0.3 is 0 Å². The van der Waals surface area contributed by atoms with Gasteiger partial charge in [-0.1, -0.05) is 0 Å². The van der Waals surface area contributed by atoms with E-state index in [0.29, 0.717) is 5.57 Å². The van der Waals surface area contributed by atoms with Gasteiger partial charge in [0.15, 0.2) is 0 Å². The Labute approximate surface area is 84.7 Å². The minimum absolute atomic E-state index is 0.162. The number of nitrogens with one attached hydrogen (secondary N) is 1.